The molecule has 17 heavy (non-hydrogen) atoms. The lowest BCUT2D eigenvalue weighted by Crippen LogP contribution is -2.23. The number of aryl methyl sites for hydroxylation is 1. The predicted octanol–water partition coefficient (Wildman–Crippen LogP) is 2.15. The number of nitro benzene ring substituents is 1. The maximum absolute atomic E-state index is 10.8. The van der Waals surface area contributed by atoms with Crippen LogP contribution in [0.2, 0.25) is 0 Å². The molecule has 1 aromatic rings. The second-order valence-corrected chi connectivity index (χ2v) is 4.31. The van der Waals surface area contributed by atoms with Crippen molar-refractivity contribution in [2.24, 2.45) is 0 Å². The summed E-state index contributed by atoms with van der Waals surface area (Å²) in [4.78, 5) is 12.5. The minimum Gasteiger partial charge on any atom is -0.288 e. The van der Waals surface area contributed by atoms with Crippen molar-refractivity contribution in [2.45, 2.75) is 18.9 Å². The second-order valence-electron chi connectivity index (χ2n) is 4.31. The summed E-state index contributed by atoms with van der Waals surface area (Å²) in [6.07, 6.45) is 7.24. The van der Waals surface area contributed by atoms with Crippen LogP contribution in [0.4, 0.5) is 5.69 Å². The molecule has 0 saturated heterocycles. The van der Waals surface area contributed by atoms with Gasteiger partial charge in [0.2, 0.25) is 0 Å². The van der Waals surface area contributed by atoms with Crippen LogP contribution in [0.3, 0.4) is 0 Å². The summed E-state index contributed by atoms with van der Waals surface area (Å²) in [7, 11) is 1.96. The smallest absolute Gasteiger partial charge is 0.269 e. The summed E-state index contributed by atoms with van der Waals surface area (Å²) in [5.74, 6) is 2.60. The van der Waals surface area contributed by atoms with Crippen LogP contribution >= 0.6 is 0 Å². The Balaban J connectivity index is 2.33. The van der Waals surface area contributed by atoms with Crippen molar-refractivity contribution in [3.05, 3.63) is 39.4 Å². The summed E-state index contributed by atoms with van der Waals surface area (Å²) in [6.45, 7) is 0.562. The molecule has 88 valence electrons. The van der Waals surface area contributed by atoms with Crippen LogP contribution in [0.15, 0.2) is 18.2 Å². The summed E-state index contributed by atoms with van der Waals surface area (Å²) in [5.41, 5.74) is 2.41. The molecular weight excluding hydrogens is 216 g/mol. The second kappa shape index (κ2) is 4.56. The maximum atomic E-state index is 10.8. The van der Waals surface area contributed by atoms with Crippen LogP contribution in [0.1, 0.15) is 23.6 Å². The van der Waals surface area contributed by atoms with Crippen LogP contribution in [0, 0.1) is 22.5 Å². The van der Waals surface area contributed by atoms with Crippen molar-refractivity contribution in [3.8, 4) is 12.3 Å². The van der Waals surface area contributed by atoms with Crippen LogP contribution in [-0.4, -0.2) is 23.4 Å². The quantitative estimate of drug-likeness (QED) is 0.454. The van der Waals surface area contributed by atoms with Gasteiger partial charge in [0.05, 0.1) is 11.5 Å². The Bertz CT molecular complexity index is 491. The van der Waals surface area contributed by atoms with Crippen LogP contribution in [-0.2, 0) is 6.42 Å². The van der Waals surface area contributed by atoms with Crippen molar-refractivity contribution in [1.82, 2.24) is 4.90 Å². The Morgan fingerprint density at radius 1 is 1.65 bits per heavy atom. The Hall–Kier alpha value is -1.86. The van der Waals surface area contributed by atoms with Crippen molar-refractivity contribution in [3.63, 3.8) is 0 Å². The molecule has 0 heterocycles. The number of hydrogen-bond acceptors (Lipinski definition) is 3. The first-order chi connectivity index (χ1) is 8.13. The van der Waals surface area contributed by atoms with E-state index in [9.17, 15) is 10.1 Å². The minimum absolute atomic E-state index is 0.157. The molecule has 1 aliphatic carbocycles. The average molecular weight is 230 g/mol. The first-order valence-corrected chi connectivity index (χ1v) is 5.54. The lowest BCUT2D eigenvalue weighted by molar-refractivity contribution is -0.384. The molecule has 0 saturated carbocycles. The average Bonchev–Trinajstić information content (AvgIpc) is 2.71. The topological polar surface area (TPSA) is 46.4 Å². The van der Waals surface area contributed by atoms with Crippen LogP contribution in [0.25, 0.3) is 0 Å². The van der Waals surface area contributed by atoms with E-state index in [1.165, 1.54) is 5.56 Å². The number of nitrogens with zero attached hydrogens (tertiary/aromatic N) is 2. The zero-order valence-electron chi connectivity index (χ0n) is 9.72. The van der Waals surface area contributed by atoms with E-state index < -0.39 is 0 Å². The Kier molecular flexibility index (Phi) is 3.12. The van der Waals surface area contributed by atoms with Crippen molar-refractivity contribution >= 4 is 5.69 Å². The van der Waals surface area contributed by atoms with Gasteiger partial charge in [-0.15, -0.1) is 6.42 Å². The molecule has 0 spiro atoms. The highest BCUT2D eigenvalue weighted by Gasteiger charge is 2.27. The van der Waals surface area contributed by atoms with Crippen molar-refractivity contribution < 1.29 is 4.92 Å². The Morgan fingerprint density at radius 2 is 2.41 bits per heavy atom. The summed E-state index contributed by atoms with van der Waals surface area (Å²) in [6, 6.07) is 5.32. The Morgan fingerprint density at radius 3 is 3.06 bits per heavy atom. The first-order valence-electron chi connectivity index (χ1n) is 5.54. The van der Waals surface area contributed by atoms with Gasteiger partial charge in [0.15, 0.2) is 0 Å². The number of hydrogen-bond donors (Lipinski definition) is 0. The molecule has 0 N–H and O–H groups in total. The Labute approximate surface area is 100 Å². The lowest BCUT2D eigenvalue weighted by Gasteiger charge is -2.22. The van der Waals surface area contributed by atoms with Crippen LogP contribution < -0.4 is 0 Å². The molecule has 0 aromatic heterocycles. The van der Waals surface area contributed by atoms with Gasteiger partial charge < -0.3 is 0 Å². The largest absolute Gasteiger partial charge is 0.288 e. The van der Waals surface area contributed by atoms with E-state index in [1.807, 2.05) is 13.1 Å². The predicted molar refractivity (Wildman–Crippen MR) is 65.6 cm³/mol. The minimum atomic E-state index is -0.350. The normalized spacial score (nSPS) is 17.8. The third-order valence-corrected chi connectivity index (χ3v) is 3.26. The number of fused-ring (bicyclic) bond motifs is 1. The molecule has 0 unspecified atom stereocenters. The van der Waals surface area contributed by atoms with Gasteiger partial charge in [0.1, 0.15) is 0 Å². The van der Waals surface area contributed by atoms with E-state index >= 15 is 0 Å². The zero-order valence-corrected chi connectivity index (χ0v) is 9.72. The third-order valence-electron chi connectivity index (χ3n) is 3.26. The van der Waals surface area contributed by atoms with Gasteiger partial charge in [-0.3, -0.25) is 15.0 Å². The molecule has 1 aromatic carbocycles. The highest BCUT2D eigenvalue weighted by Crippen LogP contribution is 2.36. The van der Waals surface area contributed by atoms with E-state index in [-0.39, 0.29) is 16.7 Å². The zero-order chi connectivity index (χ0) is 12.4. The summed E-state index contributed by atoms with van der Waals surface area (Å²) >= 11 is 0. The van der Waals surface area contributed by atoms with E-state index in [2.05, 4.69) is 10.8 Å². The third kappa shape index (κ3) is 2.15. The van der Waals surface area contributed by atoms with E-state index in [4.69, 9.17) is 6.42 Å². The summed E-state index contributed by atoms with van der Waals surface area (Å²) < 4.78 is 0. The van der Waals surface area contributed by atoms with Crippen LogP contribution in [0.5, 0.6) is 0 Å². The van der Waals surface area contributed by atoms with Gasteiger partial charge in [-0.25, -0.2) is 0 Å². The van der Waals surface area contributed by atoms with Gasteiger partial charge in [-0.2, -0.15) is 0 Å². The number of rotatable bonds is 3. The van der Waals surface area contributed by atoms with Gasteiger partial charge in [0.25, 0.3) is 5.69 Å². The van der Waals surface area contributed by atoms with Gasteiger partial charge in [-0.05, 0) is 31.0 Å². The molecule has 0 bridgehead atoms. The van der Waals surface area contributed by atoms with Gasteiger partial charge in [-0.1, -0.05) is 12.0 Å². The monoisotopic (exact) mass is 230 g/mol. The lowest BCUT2D eigenvalue weighted by atomic mass is 10.1. The molecule has 4 nitrogen and oxygen atoms in total. The molecule has 0 aliphatic heterocycles. The number of non-ortho nitro benzene ring substituents is 1. The fraction of sp³-hybridized carbons (Fsp3) is 0.385. The van der Waals surface area contributed by atoms with Crippen molar-refractivity contribution in [1.29, 1.82) is 0 Å². The van der Waals surface area contributed by atoms with E-state index in [0.29, 0.717) is 6.54 Å². The molecular formula is C13H14N2O2. The number of nitro groups is 1. The van der Waals surface area contributed by atoms with Gasteiger partial charge in [0, 0.05) is 18.2 Å². The number of terminal acetylenes is 1. The molecule has 0 fully saturated rings. The SMILES string of the molecule is C#CCN(C)[C@H]1CCc2ccc([N+](=O)[O-])cc21. The molecule has 0 radical (unpaired) electrons. The van der Waals surface area contributed by atoms with Gasteiger partial charge >= 0.3 is 0 Å². The molecule has 2 rings (SSSR count). The molecule has 1 atom stereocenters. The first kappa shape index (κ1) is 11.6. The molecule has 4 heteroatoms. The van der Waals surface area contributed by atoms with E-state index in [0.717, 1.165) is 18.4 Å². The highest BCUT2D eigenvalue weighted by atomic mass is 16.6. The fourth-order valence-electron chi connectivity index (χ4n) is 2.39. The van der Waals surface area contributed by atoms with E-state index in [1.54, 1.807) is 12.1 Å². The highest BCUT2D eigenvalue weighted by molar-refractivity contribution is 5.44. The molecule has 1 aliphatic rings. The number of benzene rings is 1. The maximum Gasteiger partial charge on any atom is 0.269 e. The molecule has 0 amide bonds. The standard InChI is InChI=1S/C13H14N2O2/c1-3-8-14(2)13-7-5-10-4-6-11(15(16)17)9-12(10)13/h1,4,6,9,13H,5,7-8H2,2H3/t13-/m0/s1. The summed E-state index contributed by atoms with van der Waals surface area (Å²) in [5, 5.41) is 10.8. The van der Waals surface area contributed by atoms with Crippen molar-refractivity contribution in [2.75, 3.05) is 13.6 Å². The fourth-order valence-corrected chi connectivity index (χ4v) is 2.39.